The molecule has 1 unspecified atom stereocenters. The minimum atomic E-state index is -2.42. The Labute approximate surface area is 125 Å². The first-order chi connectivity index (χ1) is 9.97. The maximum atomic E-state index is 12.7. The quantitative estimate of drug-likeness (QED) is 0.808. The van der Waals surface area contributed by atoms with Gasteiger partial charge in [0.1, 0.15) is 0 Å². The maximum Gasteiger partial charge on any atom is 0.263 e. The van der Waals surface area contributed by atoms with Gasteiger partial charge < -0.3 is 5.32 Å². The third-order valence-corrected chi connectivity index (χ3v) is 3.71. The Morgan fingerprint density at radius 3 is 2.48 bits per heavy atom. The van der Waals surface area contributed by atoms with E-state index in [4.69, 9.17) is 0 Å². The summed E-state index contributed by atoms with van der Waals surface area (Å²) in [6, 6.07) is 13.1. The predicted octanol–water partition coefficient (Wildman–Crippen LogP) is 5.09. The highest BCUT2D eigenvalue weighted by Gasteiger charge is 2.10. The van der Waals surface area contributed by atoms with Gasteiger partial charge >= 0.3 is 0 Å². The third-order valence-electron chi connectivity index (χ3n) is 3.71. The van der Waals surface area contributed by atoms with Crippen LogP contribution in [-0.4, -0.2) is 0 Å². The number of benzene rings is 2. The van der Waals surface area contributed by atoms with E-state index in [-0.39, 0.29) is 11.6 Å². The molecule has 0 saturated heterocycles. The average molecular weight is 289 g/mol. The lowest BCUT2D eigenvalue weighted by Gasteiger charge is -2.17. The number of hydrogen-bond donors (Lipinski definition) is 1. The van der Waals surface area contributed by atoms with Crippen LogP contribution in [0.5, 0.6) is 0 Å². The summed E-state index contributed by atoms with van der Waals surface area (Å²) in [6.07, 6.45) is -2.42. The zero-order chi connectivity index (χ0) is 15.4. The van der Waals surface area contributed by atoms with Gasteiger partial charge in [0.2, 0.25) is 0 Å². The summed E-state index contributed by atoms with van der Waals surface area (Å²) >= 11 is 0. The predicted molar refractivity (Wildman–Crippen MR) is 82.6 cm³/mol. The molecule has 0 fully saturated rings. The molecule has 0 heterocycles. The molecule has 0 amide bonds. The first-order valence-electron chi connectivity index (χ1n) is 7.15. The molecule has 0 saturated carbocycles. The van der Waals surface area contributed by atoms with Crippen LogP contribution in [0.25, 0.3) is 0 Å². The maximum absolute atomic E-state index is 12.7. The van der Waals surface area contributed by atoms with E-state index in [1.54, 1.807) is 12.1 Å². The molecule has 1 nitrogen and oxygen atoms in total. The Bertz CT molecular complexity index is 608. The summed E-state index contributed by atoms with van der Waals surface area (Å²) in [5.41, 5.74) is 4.69. The van der Waals surface area contributed by atoms with Gasteiger partial charge in [-0.3, -0.25) is 0 Å². The van der Waals surface area contributed by atoms with E-state index < -0.39 is 6.43 Å². The van der Waals surface area contributed by atoms with E-state index in [1.807, 2.05) is 6.07 Å². The van der Waals surface area contributed by atoms with Gasteiger partial charge in [0, 0.05) is 18.2 Å². The number of aryl methyl sites for hydroxylation is 2. The van der Waals surface area contributed by atoms with Gasteiger partial charge in [0.05, 0.1) is 0 Å². The van der Waals surface area contributed by atoms with Crippen LogP contribution in [0.3, 0.4) is 0 Å². The second-order valence-corrected chi connectivity index (χ2v) is 5.51. The van der Waals surface area contributed by atoms with Crippen molar-refractivity contribution in [3.8, 4) is 0 Å². The van der Waals surface area contributed by atoms with E-state index in [0.717, 1.165) is 5.56 Å². The molecular formula is C18H21F2N. The lowest BCUT2D eigenvalue weighted by atomic mass is 10.00. The molecule has 0 bridgehead atoms. The van der Waals surface area contributed by atoms with Crippen LogP contribution in [0.1, 0.15) is 47.2 Å². The van der Waals surface area contributed by atoms with Crippen molar-refractivity contribution in [1.29, 1.82) is 0 Å². The van der Waals surface area contributed by atoms with E-state index in [0.29, 0.717) is 6.54 Å². The Hall–Kier alpha value is -1.74. The van der Waals surface area contributed by atoms with Crippen molar-refractivity contribution >= 4 is 0 Å². The second kappa shape index (κ2) is 6.81. The molecule has 1 atom stereocenters. The SMILES string of the molecule is Cc1ccc(C(C)NCc2cccc(C(F)F)c2)c(C)c1. The van der Waals surface area contributed by atoms with Gasteiger partial charge in [0.25, 0.3) is 6.43 Å². The van der Waals surface area contributed by atoms with Crippen molar-refractivity contribution in [1.82, 2.24) is 5.32 Å². The summed E-state index contributed by atoms with van der Waals surface area (Å²) in [4.78, 5) is 0. The van der Waals surface area contributed by atoms with Crippen molar-refractivity contribution < 1.29 is 8.78 Å². The molecule has 0 aliphatic carbocycles. The molecule has 2 aromatic rings. The molecule has 21 heavy (non-hydrogen) atoms. The Balaban J connectivity index is 2.03. The van der Waals surface area contributed by atoms with Crippen LogP contribution in [0.4, 0.5) is 8.78 Å². The average Bonchev–Trinajstić information content (AvgIpc) is 2.45. The highest BCUT2D eigenvalue weighted by Crippen LogP contribution is 2.21. The highest BCUT2D eigenvalue weighted by atomic mass is 19.3. The summed E-state index contributed by atoms with van der Waals surface area (Å²) in [5, 5.41) is 3.40. The molecule has 0 aromatic heterocycles. The van der Waals surface area contributed by atoms with Gasteiger partial charge in [-0.25, -0.2) is 8.78 Å². The first-order valence-corrected chi connectivity index (χ1v) is 7.15. The van der Waals surface area contributed by atoms with Crippen LogP contribution in [0.2, 0.25) is 0 Å². The summed E-state index contributed by atoms with van der Waals surface area (Å²) in [6.45, 7) is 6.84. The monoisotopic (exact) mass is 289 g/mol. The summed E-state index contributed by atoms with van der Waals surface area (Å²) < 4.78 is 25.4. The Morgan fingerprint density at radius 1 is 1.05 bits per heavy atom. The van der Waals surface area contributed by atoms with E-state index in [9.17, 15) is 8.78 Å². The standard InChI is InChI=1S/C18H21F2N/c1-12-7-8-17(13(2)9-12)14(3)21-11-15-5-4-6-16(10-15)18(19)20/h4-10,14,18,21H,11H2,1-3H3. The number of nitrogens with one attached hydrogen (secondary N) is 1. The summed E-state index contributed by atoms with van der Waals surface area (Å²) in [7, 11) is 0. The molecule has 112 valence electrons. The number of hydrogen-bond acceptors (Lipinski definition) is 1. The molecule has 0 aliphatic rings. The fourth-order valence-corrected chi connectivity index (χ4v) is 2.53. The van der Waals surface area contributed by atoms with Crippen molar-refractivity contribution in [3.63, 3.8) is 0 Å². The third kappa shape index (κ3) is 4.11. The second-order valence-electron chi connectivity index (χ2n) is 5.51. The molecule has 0 radical (unpaired) electrons. The molecule has 1 N–H and O–H groups in total. The van der Waals surface area contributed by atoms with Crippen LogP contribution in [0.15, 0.2) is 42.5 Å². The molecule has 0 spiro atoms. The van der Waals surface area contributed by atoms with Crippen LogP contribution >= 0.6 is 0 Å². The Morgan fingerprint density at radius 2 is 1.81 bits per heavy atom. The minimum Gasteiger partial charge on any atom is -0.306 e. The normalized spacial score (nSPS) is 12.7. The fraction of sp³-hybridized carbons (Fsp3) is 0.333. The van der Waals surface area contributed by atoms with Crippen LogP contribution in [-0.2, 0) is 6.54 Å². The van der Waals surface area contributed by atoms with Crippen molar-refractivity contribution in [2.75, 3.05) is 0 Å². The van der Waals surface area contributed by atoms with Crippen molar-refractivity contribution in [2.45, 2.75) is 39.8 Å². The fourth-order valence-electron chi connectivity index (χ4n) is 2.53. The molecule has 2 rings (SSSR count). The van der Waals surface area contributed by atoms with Crippen LogP contribution in [0, 0.1) is 13.8 Å². The largest absolute Gasteiger partial charge is 0.306 e. The highest BCUT2D eigenvalue weighted by molar-refractivity contribution is 5.32. The van der Waals surface area contributed by atoms with Gasteiger partial charge in [-0.1, -0.05) is 42.0 Å². The van der Waals surface area contributed by atoms with Crippen molar-refractivity contribution in [2.24, 2.45) is 0 Å². The van der Waals surface area contributed by atoms with Gasteiger partial charge in [-0.05, 0) is 43.5 Å². The topological polar surface area (TPSA) is 12.0 Å². The molecular weight excluding hydrogens is 268 g/mol. The smallest absolute Gasteiger partial charge is 0.263 e. The van der Waals surface area contributed by atoms with Gasteiger partial charge in [-0.2, -0.15) is 0 Å². The Kier molecular flexibility index (Phi) is 5.07. The number of halogens is 2. The molecule has 3 heteroatoms. The van der Waals surface area contributed by atoms with E-state index in [1.165, 1.54) is 22.8 Å². The zero-order valence-electron chi connectivity index (χ0n) is 12.7. The van der Waals surface area contributed by atoms with Gasteiger partial charge in [-0.15, -0.1) is 0 Å². The van der Waals surface area contributed by atoms with Crippen LogP contribution < -0.4 is 5.32 Å². The lowest BCUT2D eigenvalue weighted by molar-refractivity contribution is 0.151. The van der Waals surface area contributed by atoms with Gasteiger partial charge in [0.15, 0.2) is 0 Å². The first kappa shape index (κ1) is 15.6. The zero-order valence-corrected chi connectivity index (χ0v) is 12.7. The van der Waals surface area contributed by atoms with Crippen molar-refractivity contribution in [3.05, 3.63) is 70.3 Å². The van der Waals surface area contributed by atoms with E-state index >= 15 is 0 Å². The number of rotatable bonds is 5. The molecule has 2 aromatic carbocycles. The van der Waals surface area contributed by atoms with E-state index in [2.05, 4.69) is 44.3 Å². The minimum absolute atomic E-state index is 0.0773. The number of alkyl halides is 2. The lowest BCUT2D eigenvalue weighted by Crippen LogP contribution is -2.19. The summed E-state index contributed by atoms with van der Waals surface area (Å²) in [5.74, 6) is 0. The molecule has 0 aliphatic heterocycles.